The second-order valence-electron chi connectivity index (χ2n) is 9.14. The summed E-state index contributed by atoms with van der Waals surface area (Å²) in [5, 5.41) is 12.3. The molecule has 0 spiro atoms. The normalized spacial score (nSPS) is 13.7. The molecule has 0 radical (unpaired) electrons. The number of carboxylic acid groups (broad SMARTS) is 1. The lowest BCUT2D eigenvalue weighted by atomic mass is 10.1. The Morgan fingerprint density at radius 3 is 2.36 bits per heavy atom. The number of aromatic carboxylic acids is 1. The number of carbonyl (C=O) groups excluding carboxylic acids is 2. The van der Waals surface area contributed by atoms with Crippen molar-refractivity contribution in [2.75, 3.05) is 5.32 Å². The highest BCUT2D eigenvalue weighted by atomic mass is 16.4. The van der Waals surface area contributed by atoms with Crippen molar-refractivity contribution in [3.8, 4) is 11.4 Å². The Hall–Kier alpha value is -4.26. The zero-order valence-electron chi connectivity index (χ0n) is 20.0. The van der Waals surface area contributed by atoms with Gasteiger partial charge in [0.1, 0.15) is 5.82 Å². The highest BCUT2D eigenvalue weighted by molar-refractivity contribution is 6.05. The summed E-state index contributed by atoms with van der Waals surface area (Å²) in [5.74, 6) is -0.444. The van der Waals surface area contributed by atoms with Crippen molar-refractivity contribution in [2.24, 2.45) is 0 Å². The number of Topliss-reactive ketones (excluding diaryl/α,β-unsaturated/α-hetero) is 1. The maximum Gasteiger partial charge on any atom is 0.335 e. The molecule has 4 aromatic rings. The molecule has 0 unspecified atom stereocenters. The Bertz CT molecular complexity index is 1460. The monoisotopic (exact) mass is 481 g/mol. The van der Waals surface area contributed by atoms with Crippen molar-refractivity contribution < 1.29 is 19.5 Å². The van der Waals surface area contributed by atoms with E-state index in [4.69, 9.17) is 4.98 Å². The summed E-state index contributed by atoms with van der Waals surface area (Å²) in [6, 6.07) is 19.6. The molecule has 7 nitrogen and oxygen atoms in total. The van der Waals surface area contributed by atoms with Crippen LogP contribution in [0.15, 0.2) is 66.7 Å². The van der Waals surface area contributed by atoms with E-state index in [0.29, 0.717) is 34.8 Å². The van der Waals surface area contributed by atoms with Gasteiger partial charge in [-0.05, 0) is 55.3 Å². The van der Waals surface area contributed by atoms with E-state index in [0.717, 1.165) is 42.6 Å². The molecule has 1 heterocycles. The van der Waals surface area contributed by atoms with Crippen LogP contribution in [0.3, 0.4) is 0 Å². The van der Waals surface area contributed by atoms with E-state index in [1.54, 1.807) is 55.5 Å². The quantitative estimate of drug-likeness (QED) is 0.299. The van der Waals surface area contributed by atoms with Crippen LogP contribution in [-0.4, -0.2) is 32.3 Å². The highest BCUT2D eigenvalue weighted by Crippen LogP contribution is 2.37. The van der Waals surface area contributed by atoms with Crippen LogP contribution in [0.25, 0.3) is 22.4 Å². The fourth-order valence-corrected chi connectivity index (χ4v) is 4.92. The van der Waals surface area contributed by atoms with Crippen molar-refractivity contribution in [1.82, 2.24) is 9.55 Å². The van der Waals surface area contributed by atoms with E-state index >= 15 is 0 Å². The predicted octanol–water partition coefficient (Wildman–Crippen LogP) is 6.36. The summed E-state index contributed by atoms with van der Waals surface area (Å²) in [5.41, 5.74) is 4.28. The molecule has 0 atom stereocenters. The number of carboxylic acids is 1. The first-order valence-electron chi connectivity index (χ1n) is 12.2. The zero-order valence-corrected chi connectivity index (χ0v) is 20.0. The van der Waals surface area contributed by atoms with Gasteiger partial charge < -0.3 is 15.0 Å². The smallest absolute Gasteiger partial charge is 0.335 e. The zero-order chi connectivity index (χ0) is 25.2. The SMILES string of the molecule is CCC(=O)c1cccc(NC(=O)c2ccc(-c3nc4cc(C(=O)O)ccc4n3C3CCCC3)cc2)c1. The van der Waals surface area contributed by atoms with Crippen LogP contribution in [0.4, 0.5) is 5.69 Å². The molecule has 1 aromatic heterocycles. The third-order valence-corrected chi connectivity index (χ3v) is 6.80. The maximum absolute atomic E-state index is 12.9. The molecule has 1 saturated carbocycles. The average Bonchev–Trinajstić information content (AvgIpc) is 3.55. The minimum absolute atomic E-state index is 0.0241. The second kappa shape index (κ2) is 9.77. The molecular weight excluding hydrogens is 454 g/mol. The molecule has 0 saturated heterocycles. The van der Waals surface area contributed by atoms with Crippen LogP contribution < -0.4 is 5.32 Å². The first-order chi connectivity index (χ1) is 17.4. The summed E-state index contributed by atoms with van der Waals surface area (Å²) < 4.78 is 2.22. The number of aromatic nitrogens is 2. The van der Waals surface area contributed by atoms with E-state index in [1.165, 1.54) is 0 Å². The molecule has 3 aromatic carbocycles. The van der Waals surface area contributed by atoms with Gasteiger partial charge in [0.25, 0.3) is 5.91 Å². The van der Waals surface area contributed by atoms with Crippen molar-refractivity contribution in [1.29, 1.82) is 0 Å². The minimum atomic E-state index is -0.978. The number of carbonyl (C=O) groups is 3. The lowest BCUT2D eigenvalue weighted by Gasteiger charge is -2.17. The molecule has 1 aliphatic rings. The number of rotatable bonds is 7. The molecule has 0 bridgehead atoms. The van der Waals surface area contributed by atoms with Gasteiger partial charge in [0.15, 0.2) is 5.78 Å². The average molecular weight is 482 g/mol. The van der Waals surface area contributed by atoms with Crippen LogP contribution in [-0.2, 0) is 0 Å². The Balaban J connectivity index is 1.45. The fraction of sp³-hybridized carbons (Fsp3) is 0.241. The molecule has 1 fully saturated rings. The summed E-state index contributed by atoms with van der Waals surface area (Å²) in [4.78, 5) is 41.1. The van der Waals surface area contributed by atoms with Gasteiger partial charge >= 0.3 is 5.97 Å². The summed E-state index contributed by atoms with van der Waals surface area (Å²) >= 11 is 0. The van der Waals surface area contributed by atoms with E-state index in [2.05, 4.69) is 9.88 Å². The van der Waals surface area contributed by atoms with E-state index in [9.17, 15) is 19.5 Å². The molecule has 5 rings (SSSR count). The van der Waals surface area contributed by atoms with Crippen LogP contribution in [0, 0.1) is 0 Å². The number of ketones is 1. The first kappa shape index (κ1) is 23.5. The Kier molecular flexibility index (Phi) is 6.38. The second-order valence-corrected chi connectivity index (χ2v) is 9.14. The third-order valence-electron chi connectivity index (χ3n) is 6.80. The Morgan fingerprint density at radius 1 is 0.944 bits per heavy atom. The van der Waals surface area contributed by atoms with Gasteiger partial charge in [0.2, 0.25) is 0 Å². The van der Waals surface area contributed by atoms with Crippen LogP contribution in [0.5, 0.6) is 0 Å². The van der Waals surface area contributed by atoms with Gasteiger partial charge in [-0.15, -0.1) is 0 Å². The molecule has 0 aliphatic heterocycles. The molecule has 182 valence electrons. The standard InChI is InChI=1S/C29H27N3O4/c1-2-26(33)20-6-5-7-22(16-20)30-28(34)19-12-10-18(11-13-19)27-31-24-17-21(29(35)36)14-15-25(24)32(27)23-8-3-4-9-23/h5-7,10-17,23H,2-4,8-9H2,1H3,(H,30,34)(H,35,36). The lowest BCUT2D eigenvalue weighted by Crippen LogP contribution is -2.12. The largest absolute Gasteiger partial charge is 0.478 e. The van der Waals surface area contributed by atoms with Gasteiger partial charge in [-0.25, -0.2) is 9.78 Å². The predicted molar refractivity (Wildman–Crippen MR) is 139 cm³/mol. The number of anilines is 1. The molecule has 1 aliphatic carbocycles. The van der Waals surface area contributed by atoms with Gasteiger partial charge in [0.05, 0.1) is 16.6 Å². The number of benzene rings is 3. The molecular formula is C29H27N3O4. The van der Waals surface area contributed by atoms with E-state index in [1.807, 2.05) is 18.2 Å². The Morgan fingerprint density at radius 2 is 1.67 bits per heavy atom. The first-order valence-corrected chi connectivity index (χ1v) is 12.2. The van der Waals surface area contributed by atoms with Gasteiger partial charge in [-0.3, -0.25) is 9.59 Å². The van der Waals surface area contributed by atoms with Crippen LogP contribution in [0.2, 0.25) is 0 Å². The number of fused-ring (bicyclic) bond motifs is 1. The van der Waals surface area contributed by atoms with Crippen molar-refractivity contribution >= 4 is 34.4 Å². The van der Waals surface area contributed by atoms with Crippen molar-refractivity contribution in [3.05, 3.63) is 83.4 Å². The highest BCUT2D eigenvalue weighted by Gasteiger charge is 2.24. The Labute approximate surface area is 208 Å². The van der Waals surface area contributed by atoms with Crippen molar-refractivity contribution in [2.45, 2.75) is 45.1 Å². The van der Waals surface area contributed by atoms with Crippen molar-refractivity contribution in [3.63, 3.8) is 0 Å². The molecule has 36 heavy (non-hydrogen) atoms. The lowest BCUT2D eigenvalue weighted by molar-refractivity contribution is 0.0696. The molecule has 2 N–H and O–H groups in total. The molecule has 1 amide bonds. The topological polar surface area (TPSA) is 101 Å². The minimum Gasteiger partial charge on any atom is -0.478 e. The number of nitrogens with zero attached hydrogens (tertiary/aromatic N) is 2. The number of amides is 1. The third kappa shape index (κ3) is 4.52. The van der Waals surface area contributed by atoms with E-state index in [-0.39, 0.29) is 17.3 Å². The van der Waals surface area contributed by atoms with E-state index < -0.39 is 5.97 Å². The van der Waals surface area contributed by atoms with Crippen LogP contribution in [0.1, 0.15) is 76.1 Å². The number of hydrogen-bond acceptors (Lipinski definition) is 4. The number of hydrogen-bond donors (Lipinski definition) is 2. The fourth-order valence-electron chi connectivity index (χ4n) is 4.92. The number of nitrogens with one attached hydrogen (secondary N) is 1. The molecule has 7 heteroatoms. The van der Waals surface area contributed by atoms with Gasteiger partial charge in [-0.2, -0.15) is 0 Å². The summed E-state index contributed by atoms with van der Waals surface area (Å²) in [6.07, 6.45) is 4.82. The maximum atomic E-state index is 12.9. The number of imidazole rings is 1. The summed E-state index contributed by atoms with van der Waals surface area (Å²) in [6.45, 7) is 1.81. The van der Waals surface area contributed by atoms with Crippen LogP contribution >= 0.6 is 0 Å². The van der Waals surface area contributed by atoms with Gasteiger partial charge in [0, 0.05) is 34.8 Å². The van der Waals surface area contributed by atoms with Gasteiger partial charge in [-0.1, -0.05) is 44.0 Å². The summed E-state index contributed by atoms with van der Waals surface area (Å²) in [7, 11) is 0.